The van der Waals surface area contributed by atoms with Gasteiger partial charge >= 0.3 is 0 Å². The van der Waals surface area contributed by atoms with Gasteiger partial charge in [-0.25, -0.2) is 4.98 Å². The Hall–Kier alpha value is -2.07. The Kier molecular flexibility index (Phi) is 4.52. The lowest BCUT2D eigenvalue weighted by molar-refractivity contribution is 0.0938. The number of imidazole rings is 1. The number of rotatable bonds is 4. The van der Waals surface area contributed by atoms with Crippen molar-refractivity contribution in [2.24, 2.45) is 5.92 Å². The highest BCUT2D eigenvalue weighted by atomic mass is 15.2. The van der Waals surface area contributed by atoms with Crippen LogP contribution in [0.5, 0.6) is 0 Å². The molecule has 1 saturated carbocycles. The summed E-state index contributed by atoms with van der Waals surface area (Å²) in [6.07, 6.45) is 12.1. The molecule has 1 aliphatic carbocycles. The first-order valence-electron chi connectivity index (χ1n) is 10.7. The maximum Gasteiger partial charge on any atom is 0.122 e. The Bertz CT molecular complexity index is 916. The van der Waals surface area contributed by atoms with Crippen molar-refractivity contribution in [1.82, 2.24) is 19.4 Å². The highest BCUT2D eigenvalue weighted by Gasteiger charge is 2.36. The summed E-state index contributed by atoms with van der Waals surface area (Å²) in [5.41, 5.74) is 4.36. The highest BCUT2D eigenvalue weighted by Crippen LogP contribution is 2.44. The smallest absolute Gasteiger partial charge is 0.122 e. The molecule has 2 aliphatic rings. The van der Waals surface area contributed by atoms with E-state index in [9.17, 15) is 0 Å². The van der Waals surface area contributed by atoms with Crippen molar-refractivity contribution in [2.75, 3.05) is 6.54 Å². The van der Waals surface area contributed by atoms with Crippen molar-refractivity contribution >= 4 is 10.9 Å². The zero-order valence-electron chi connectivity index (χ0n) is 16.3. The third kappa shape index (κ3) is 3.00. The van der Waals surface area contributed by atoms with Gasteiger partial charge in [-0.1, -0.05) is 37.5 Å². The molecular weight excluding hydrogens is 332 g/mol. The summed E-state index contributed by atoms with van der Waals surface area (Å²) in [4.78, 5) is 11.2. The van der Waals surface area contributed by atoms with Crippen LogP contribution in [0.4, 0.5) is 0 Å². The van der Waals surface area contributed by atoms with Gasteiger partial charge in [0, 0.05) is 42.1 Å². The van der Waals surface area contributed by atoms with Gasteiger partial charge in [0.1, 0.15) is 5.82 Å². The van der Waals surface area contributed by atoms with Crippen LogP contribution in [0.25, 0.3) is 10.9 Å². The van der Waals surface area contributed by atoms with Crippen molar-refractivity contribution in [2.45, 2.75) is 64.6 Å². The zero-order chi connectivity index (χ0) is 18.2. The number of hydrogen-bond donors (Lipinski definition) is 1. The average molecular weight is 363 g/mol. The Morgan fingerprint density at radius 3 is 2.85 bits per heavy atom. The van der Waals surface area contributed by atoms with Gasteiger partial charge in [-0.05, 0) is 43.7 Å². The van der Waals surface area contributed by atoms with Crippen LogP contribution < -0.4 is 0 Å². The van der Waals surface area contributed by atoms with Crippen LogP contribution in [0.3, 0.4) is 0 Å². The second-order valence-corrected chi connectivity index (χ2v) is 8.26. The number of aromatic amines is 1. The number of para-hydroxylation sites is 1. The van der Waals surface area contributed by atoms with Crippen molar-refractivity contribution in [3.8, 4) is 0 Å². The Morgan fingerprint density at radius 2 is 2.00 bits per heavy atom. The lowest BCUT2D eigenvalue weighted by atomic mass is 9.79. The minimum Gasteiger partial charge on any atom is -0.357 e. The fourth-order valence-electron chi connectivity index (χ4n) is 5.44. The van der Waals surface area contributed by atoms with E-state index >= 15 is 0 Å². The topological polar surface area (TPSA) is 36.9 Å². The van der Waals surface area contributed by atoms with E-state index in [-0.39, 0.29) is 0 Å². The SMILES string of the molecule is CCn1ccnc1CN1CCc2c([nH]c3ccccc23)[C@H]1C1CCCCC1. The zero-order valence-corrected chi connectivity index (χ0v) is 16.3. The fraction of sp³-hybridized carbons (Fsp3) is 0.522. The first kappa shape index (κ1) is 17.1. The molecule has 3 aromatic rings. The van der Waals surface area contributed by atoms with Crippen molar-refractivity contribution < 1.29 is 0 Å². The van der Waals surface area contributed by atoms with Crippen molar-refractivity contribution in [1.29, 1.82) is 0 Å². The van der Waals surface area contributed by atoms with Crippen molar-refractivity contribution in [3.05, 3.63) is 53.7 Å². The molecule has 1 aromatic carbocycles. The molecule has 1 aliphatic heterocycles. The predicted octanol–water partition coefficient (Wildman–Crippen LogP) is 5.06. The van der Waals surface area contributed by atoms with Crippen LogP contribution >= 0.6 is 0 Å². The molecule has 2 aromatic heterocycles. The number of aromatic nitrogens is 3. The van der Waals surface area contributed by atoms with E-state index < -0.39 is 0 Å². The van der Waals surface area contributed by atoms with Gasteiger partial charge in [0.2, 0.25) is 0 Å². The molecule has 0 unspecified atom stereocenters. The van der Waals surface area contributed by atoms with Crippen LogP contribution in [-0.4, -0.2) is 26.0 Å². The summed E-state index contributed by atoms with van der Waals surface area (Å²) in [7, 11) is 0. The van der Waals surface area contributed by atoms with Crippen LogP contribution in [0.2, 0.25) is 0 Å². The van der Waals surface area contributed by atoms with E-state index in [0.29, 0.717) is 6.04 Å². The summed E-state index contributed by atoms with van der Waals surface area (Å²) in [6, 6.07) is 9.36. The fourth-order valence-corrected chi connectivity index (χ4v) is 5.44. The maximum absolute atomic E-state index is 4.67. The summed E-state index contributed by atoms with van der Waals surface area (Å²) < 4.78 is 2.29. The lowest BCUT2D eigenvalue weighted by Gasteiger charge is -2.41. The molecule has 0 saturated heterocycles. The number of benzene rings is 1. The molecule has 0 bridgehead atoms. The maximum atomic E-state index is 4.67. The molecule has 4 heteroatoms. The molecule has 27 heavy (non-hydrogen) atoms. The molecule has 5 rings (SSSR count). The number of hydrogen-bond acceptors (Lipinski definition) is 2. The molecule has 4 nitrogen and oxygen atoms in total. The molecule has 3 heterocycles. The largest absolute Gasteiger partial charge is 0.357 e. The quantitative estimate of drug-likeness (QED) is 0.704. The van der Waals surface area contributed by atoms with E-state index in [4.69, 9.17) is 0 Å². The van der Waals surface area contributed by atoms with Gasteiger partial charge in [-0.15, -0.1) is 0 Å². The molecule has 0 radical (unpaired) electrons. The normalized spacial score (nSPS) is 21.6. The van der Waals surface area contributed by atoms with Crippen LogP contribution in [-0.2, 0) is 19.5 Å². The van der Waals surface area contributed by atoms with Gasteiger partial charge in [0.25, 0.3) is 0 Å². The van der Waals surface area contributed by atoms with E-state index in [2.05, 4.69) is 56.8 Å². The molecule has 1 atom stereocenters. The molecule has 0 amide bonds. The van der Waals surface area contributed by atoms with Gasteiger partial charge in [0.05, 0.1) is 12.6 Å². The van der Waals surface area contributed by atoms with Crippen LogP contribution in [0.1, 0.15) is 62.2 Å². The second kappa shape index (κ2) is 7.16. The summed E-state index contributed by atoms with van der Waals surface area (Å²) in [5, 5.41) is 1.43. The first-order chi connectivity index (χ1) is 13.3. The first-order valence-corrected chi connectivity index (χ1v) is 10.7. The van der Waals surface area contributed by atoms with E-state index in [1.54, 1.807) is 5.56 Å². The summed E-state index contributed by atoms with van der Waals surface area (Å²) in [6.45, 7) is 5.29. The number of nitrogens with one attached hydrogen (secondary N) is 1. The molecule has 1 N–H and O–H groups in total. The van der Waals surface area contributed by atoms with E-state index in [1.165, 1.54) is 54.5 Å². The second-order valence-electron chi connectivity index (χ2n) is 8.26. The van der Waals surface area contributed by atoms with E-state index in [0.717, 1.165) is 32.0 Å². The Balaban J connectivity index is 1.54. The standard InChI is InChI=1S/C23H30N4/c1-2-26-15-13-24-21(26)16-27-14-12-19-18-10-6-7-11-20(18)25-22(19)23(27)17-8-4-3-5-9-17/h6-7,10-11,13,15,17,23,25H,2-5,8-9,12,14,16H2,1H3/t23-/m1/s1. The summed E-state index contributed by atoms with van der Waals surface area (Å²) >= 11 is 0. The van der Waals surface area contributed by atoms with Crippen LogP contribution in [0.15, 0.2) is 36.7 Å². The third-order valence-electron chi connectivity index (χ3n) is 6.77. The summed E-state index contributed by atoms with van der Waals surface area (Å²) in [5.74, 6) is 1.97. The predicted molar refractivity (Wildman–Crippen MR) is 110 cm³/mol. The van der Waals surface area contributed by atoms with Crippen LogP contribution in [0, 0.1) is 5.92 Å². The lowest BCUT2D eigenvalue weighted by Crippen LogP contribution is -2.40. The Morgan fingerprint density at radius 1 is 1.15 bits per heavy atom. The average Bonchev–Trinajstić information content (AvgIpc) is 3.32. The van der Waals surface area contributed by atoms with Gasteiger partial charge in [0.15, 0.2) is 0 Å². The number of fused-ring (bicyclic) bond motifs is 3. The molecule has 142 valence electrons. The minimum absolute atomic E-state index is 0.503. The number of aryl methyl sites for hydroxylation is 1. The minimum atomic E-state index is 0.503. The van der Waals surface area contributed by atoms with Gasteiger partial charge in [-0.3, -0.25) is 4.90 Å². The van der Waals surface area contributed by atoms with Crippen molar-refractivity contribution in [3.63, 3.8) is 0 Å². The molecule has 0 spiro atoms. The van der Waals surface area contributed by atoms with E-state index in [1.807, 2.05) is 6.20 Å². The molecular formula is C23H30N4. The van der Waals surface area contributed by atoms with Gasteiger partial charge < -0.3 is 9.55 Å². The highest BCUT2D eigenvalue weighted by molar-refractivity contribution is 5.85. The number of nitrogens with zero attached hydrogens (tertiary/aromatic N) is 3. The Labute approximate surface area is 161 Å². The monoisotopic (exact) mass is 362 g/mol. The third-order valence-corrected chi connectivity index (χ3v) is 6.77. The number of H-pyrrole nitrogens is 1. The molecule has 1 fully saturated rings. The van der Waals surface area contributed by atoms with Gasteiger partial charge in [-0.2, -0.15) is 0 Å².